The number of para-hydroxylation sites is 2. The summed E-state index contributed by atoms with van der Waals surface area (Å²) in [6, 6.07) is 17.3. The molecule has 4 aromatic rings. The van der Waals surface area contributed by atoms with Crippen molar-refractivity contribution >= 4 is 39.6 Å². The van der Waals surface area contributed by atoms with Crippen LogP contribution in [0.1, 0.15) is 33.5 Å². The van der Waals surface area contributed by atoms with Gasteiger partial charge in [0.25, 0.3) is 5.91 Å². The van der Waals surface area contributed by atoms with Gasteiger partial charge in [-0.3, -0.25) is 15.1 Å². The van der Waals surface area contributed by atoms with Crippen LogP contribution in [0.4, 0.5) is 0 Å². The van der Waals surface area contributed by atoms with Gasteiger partial charge in [0.15, 0.2) is 5.96 Å². The molecule has 31 heavy (non-hydrogen) atoms. The van der Waals surface area contributed by atoms with Crippen LogP contribution in [0, 0.1) is 6.92 Å². The molecule has 8 nitrogen and oxygen atoms in total. The molecule has 0 saturated heterocycles. The van der Waals surface area contributed by atoms with E-state index in [0.717, 1.165) is 27.4 Å². The van der Waals surface area contributed by atoms with Crippen molar-refractivity contribution in [3.05, 3.63) is 71.5 Å². The Hall–Kier alpha value is -4.07. The average molecular weight is 419 g/mol. The number of nitrogens with zero attached hydrogens (tertiary/aromatic N) is 1. The smallest absolute Gasteiger partial charge is 0.355 e. The van der Waals surface area contributed by atoms with Gasteiger partial charge in [-0.05, 0) is 37.6 Å². The highest BCUT2D eigenvalue weighted by Crippen LogP contribution is 2.21. The van der Waals surface area contributed by atoms with Gasteiger partial charge in [0.05, 0.1) is 6.61 Å². The maximum Gasteiger partial charge on any atom is 0.355 e. The SMILES string of the molecule is CCOC(=O)c1[nH]c2ccccc2c1C.CN=C(N)NC(=O)c1cc2ccccc2[nH]1. The van der Waals surface area contributed by atoms with E-state index in [-0.39, 0.29) is 17.8 Å². The summed E-state index contributed by atoms with van der Waals surface area (Å²) in [5.41, 5.74) is 9.26. The fourth-order valence-electron chi connectivity index (χ4n) is 3.12. The van der Waals surface area contributed by atoms with E-state index in [9.17, 15) is 9.59 Å². The molecule has 0 saturated carbocycles. The Kier molecular flexibility index (Phi) is 6.71. The van der Waals surface area contributed by atoms with E-state index in [1.807, 2.05) is 55.5 Å². The van der Waals surface area contributed by atoms with E-state index < -0.39 is 0 Å². The van der Waals surface area contributed by atoms with E-state index in [0.29, 0.717) is 18.0 Å². The number of nitrogens with one attached hydrogen (secondary N) is 3. The molecule has 0 atom stereocenters. The summed E-state index contributed by atoms with van der Waals surface area (Å²) < 4.78 is 4.97. The third-order valence-corrected chi connectivity index (χ3v) is 4.70. The highest BCUT2D eigenvalue weighted by atomic mass is 16.5. The Labute approximate surface area is 179 Å². The van der Waals surface area contributed by atoms with Crippen LogP contribution in [0.2, 0.25) is 0 Å². The zero-order chi connectivity index (χ0) is 22.4. The number of esters is 1. The predicted molar refractivity (Wildman–Crippen MR) is 122 cm³/mol. The molecule has 0 aliphatic rings. The van der Waals surface area contributed by atoms with E-state index in [1.54, 1.807) is 13.0 Å². The molecule has 2 aromatic heterocycles. The van der Waals surface area contributed by atoms with Crippen molar-refractivity contribution in [1.82, 2.24) is 15.3 Å². The third kappa shape index (κ3) is 4.92. The maximum atomic E-state index is 11.7. The highest BCUT2D eigenvalue weighted by molar-refractivity contribution is 6.06. The number of carbonyl (C=O) groups is 2. The second kappa shape index (κ2) is 9.62. The maximum absolute atomic E-state index is 11.7. The van der Waals surface area contributed by atoms with Crippen LogP contribution in [-0.4, -0.2) is 41.5 Å². The van der Waals surface area contributed by atoms with E-state index >= 15 is 0 Å². The Bertz CT molecular complexity index is 1220. The van der Waals surface area contributed by atoms with Crippen molar-refractivity contribution in [3.8, 4) is 0 Å². The minimum Gasteiger partial charge on any atom is -0.461 e. The molecular formula is C23H25N5O3. The number of fused-ring (bicyclic) bond motifs is 2. The van der Waals surface area contributed by atoms with Gasteiger partial charge in [0.1, 0.15) is 11.4 Å². The number of amides is 1. The van der Waals surface area contributed by atoms with E-state index in [4.69, 9.17) is 10.5 Å². The first kappa shape index (κ1) is 21.6. The van der Waals surface area contributed by atoms with E-state index in [1.165, 1.54) is 7.05 Å². The number of nitrogens with two attached hydrogens (primary N) is 1. The van der Waals surface area contributed by atoms with Crippen molar-refractivity contribution in [3.63, 3.8) is 0 Å². The Morgan fingerprint density at radius 2 is 1.74 bits per heavy atom. The lowest BCUT2D eigenvalue weighted by atomic mass is 10.1. The number of aromatic amines is 2. The average Bonchev–Trinajstić information content (AvgIpc) is 3.36. The number of aromatic nitrogens is 2. The minimum absolute atomic E-state index is 0.101. The number of rotatable bonds is 3. The molecule has 0 fully saturated rings. The highest BCUT2D eigenvalue weighted by Gasteiger charge is 2.14. The molecule has 2 aromatic carbocycles. The monoisotopic (exact) mass is 419 g/mol. The molecule has 0 bridgehead atoms. The largest absolute Gasteiger partial charge is 0.461 e. The molecule has 1 amide bonds. The van der Waals surface area contributed by atoms with Gasteiger partial charge in [-0.25, -0.2) is 4.79 Å². The molecular weight excluding hydrogens is 394 g/mol. The first-order chi connectivity index (χ1) is 14.9. The zero-order valence-corrected chi connectivity index (χ0v) is 17.7. The van der Waals surface area contributed by atoms with Crippen molar-refractivity contribution < 1.29 is 14.3 Å². The fraction of sp³-hybridized carbons (Fsp3) is 0.174. The van der Waals surface area contributed by atoms with Gasteiger partial charge in [-0.2, -0.15) is 0 Å². The van der Waals surface area contributed by atoms with E-state index in [2.05, 4.69) is 20.3 Å². The Morgan fingerprint density at radius 3 is 2.39 bits per heavy atom. The van der Waals surface area contributed by atoms with Crippen LogP contribution in [-0.2, 0) is 4.74 Å². The molecule has 0 unspecified atom stereocenters. The molecule has 2 heterocycles. The summed E-state index contributed by atoms with van der Waals surface area (Å²) in [6.07, 6.45) is 0. The number of aliphatic imine (C=N–C) groups is 1. The Morgan fingerprint density at radius 1 is 1.06 bits per heavy atom. The second-order valence-corrected chi connectivity index (χ2v) is 6.72. The predicted octanol–water partition coefficient (Wildman–Crippen LogP) is 3.50. The molecule has 8 heteroatoms. The molecule has 0 radical (unpaired) electrons. The van der Waals surface area contributed by atoms with Gasteiger partial charge in [0, 0.05) is 28.9 Å². The third-order valence-electron chi connectivity index (χ3n) is 4.70. The number of benzene rings is 2. The summed E-state index contributed by atoms with van der Waals surface area (Å²) in [5, 5.41) is 4.52. The number of ether oxygens (including phenoxy) is 1. The fourth-order valence-corrected chi connectivity index (χ4v) is 3.12. The normalized spacial score (nSPS) is 11.1. The summed E-state index contributed by atoms with van der Waals surface area (Å²) in [6.45, 7) is 4.12. The van der Waals surface area contributed by atoms with Crippen LogP contribution in [0.5, 0.6) is 0 Å². The first-order valence-corrected chi connectivity index (χ1v) is 9.80. The van der Waals surface area contributed by atoms with Crippen molar-refractivity contribution in [2.45, 2.75) is 13.8 Å². The lowest BCUT2D eigenvalue weighted by molar-refractivity contribution is 0.0519. The zero-order valence-electron chi connectivity index (χ0n) is 17.7. The van der Waals surface area contributed by atoms with Gasteiger partial charge in [0.2, 0.25) is 0 Å². The number of guanidine groups is 1. The molecule has 0 spiro atoms. The van der Waals surface area contributed by atoms with Gasteiger partial charge >= 0.3 is 5.97 Å². The molecule has 160 valence electrons. The standard InChI is InChI=1S/C12H13NO2.C11H12N4O/c1-3-15-12(14)11-8(2)9-6-4-5-7-10(9)13-11;1-13-11(12)15-10(16)9-6-7-4-2-3-5-8(7)14-9/h4-7,13H,3H2,1-2H3;2-6,14H,1H3,(H3,12,13,15,16). The van der Waals surface area contributed by atoms with Crippen molar-refractivity contribution in [2.24, 2.45) is 10.7 Å². The molecule has 5 N–H and O–H groups in total. The Balaban J connectivity index is 0.000000176. The van der Waals surface area contributed by atoms with Crippen LogP contribution < -0.4 is 11.1 Å². The lowest BCUT2D eigenvalue weighted by Crippen LogP contribution is -2.36. The van der Waals surface area contributed by atoms with Crippen molar-refractivity contribution in [1.29, 1.82) is 0 Å². The summed E-state index contributed by atoms with van der Waals surface area (Å²) in [7, 11) is 1.51. The number of hydrogen-bond acceptors (Lipinski definition) is 4. The number of hydrogen-bond donors (Lipinski definition) is 4. The second-order valence-electron chi connectivity index (χ2n) is 6.72. The van der Waals surface area contributed by atoms with Crippen LogP contribution >= 0.6 is 0 Å². The summed E-state index contributed by atoms with van der Waals surface area (Å²) in [4.78, 5) is 33.0. The molecule has 0 aliphatic carbocycles. The number of aryl methyl sites for hydroxylation is 1. The van der Waals surface area contributed by atoms with Gasteiger partial charge in [-0.15, -0.1) is 0 Å². The van der Waals surface area contributed by atoms with Crippen LogP contribution in [0.15, 0.2) is 59.6 Å². The molecule has 4 rings (SSSR count). The topological polar surface area (TPSA) is 125 Å². The van der Waals surface area contributed by atoms with Gasteiger partial charge in [-0.1, -0.05) is 36.4 Å². The van der Waals surface area contributed by atoms with Crippen molar-refractivity contribution in [2.75, 3.05) is 13.7 Å². The van der Waals surface area contributed by atoms with Gasteiger partial charge < -0.3 is 20.4 Å². The lowest BCUT2D eigenvalue weighted by Gasteiger charge is -2.00. The summed E-state index contributed by atoms with van der Waals surface area (Å²) >= 11 is 0. The molecule has 0 aliphatic heterocycles. The first-order valence-electron chi connectivity index (χ1n) is 9.80. The van der Waals surface area contributed by atoms with Crippen LogP contribution in [0.3, 0.4) is 0 Å². The minimum atomic E-state index is -0.292. The summed E-state index contributed by atoms with van der Waals surface area (Å²) in [5.74, 6) is -0.478. The number of carbonyl (C=O) groups excluding carboxylic acids is 2. The quantitative estimate of drug-likeness (QED) is 0.230. The number of H-pyrrole nitrogens is 2. The van der Waals surface area contributed by atoms with Crippen LogP contribution in [0.25, 0.3) is 21.8 Å².